The average molecular weight is 293 g/mol. The Morgan fingerprint density at radius 1 is 1.14 bits per heavy atom. The van der Waals surface area contributed by atoms with Crippen molar-refractivity contribution >= 4 is 22.6 Å². The molecule has 0 aliphatic rings. The second-order valence-corrected chi connectivity index (χ2v) is 5.20. The molecule has 0 aliphatic carbocycles. The number of aromatic nitrogens is 2. The van der Waals surface area contributed by atoms with Crippen LogP contribution in [0.4, 0.5) is 5.82 Å². The molecule has 0 bridgehead atoms. The summed E-state index contributed by atoms with van der Waals surface area (Å²) in [4.78, 5) is 31.6. The summed E-state index contributed by atoms with van der Waals surface area (Å²) >= 11 is 0. The third kappa shape index (κ3) is 2.74. The number of anilines is 1. The van der Waals surface area contributed by atoms with E-state index in [1.165, 1.54) is 6.07 Å². The zero-order valence-electron chi connectivity index (χ0n) is 12.3. The van der Waals surface area contributed by atoms with Crippen LogP contribution in [-0.4, -0.2) is 15.9 Å². The molecule has 5 heteroatoms. The molecule has 110 valence electrons. The number of aryl methyl sites for hydroxylation is 2. The van der Waals surface area contributed by atoms with Crippen molar-refractivity contribution in [2.75, 3.05) is 5.32 Å². The second kappa shape index (κ2) is 5.44. The van der Waals surface area contributed by atoms with Gasteiger partial charge in [0.15, 0.2) is 5.43 Å². The highest BCUT2D eigenvalue weighted by Crippen LogP contribution is 2.13. The fraction of sp³-hybridized carbons (Fsp3) is 0.118. The molecule has 0 saturated carbocycles. The minimum atomic E-state index is -0.292. The van der Waals surface area contributed by atoms with E-state index >= 15 is 0 Å². The molecule has 2 N–H and O–H groups in total. The molecular weight excluding hydrogens is 278 g/mol. The third-order valence-corrected chi connectivity index (χ3v) is 3.36. The van der Waals surface area contributed by atoms with Crippen molar-refractivity contribution in [2.45, 2.75) is 13.8 Å². The van der Waals surface area contributed by atoms with Crippen molar-refractivity contribution in [1.29, 1.82) is 0 Å². The average Bonchev–Trinajstić information content (AvgIpc) is 2.46. The van der Waals surface area contributed by atoms with Gasteiger partial charge in [0.2, 0.25) is 0 Å². The molecule has 2 aromatic heterocycles. The van der Waals surface area contributed by atoms with Gasteiger partial charge in [0.25, 0.3) is 5.91 Å². The molecule has 2 heterocycles. The number of hydrogen-bond donors (Lipinski definition) is 2. The van der Waals surface area contributed by atoms with E-state index in [2.05, 4.69) is 15.3 Å². The number of rotatable bonds is 2. The number of nitrogens with one attached hydrogen (secondary N) is 2. The first-order chi connectivity index (χ1) is 10.5. The van der Waals surface area contributed by atoms with Crippen LogP contribution in [0.1, 0.15) is 21.7 Å². The lowest BCUT2D eigenvalue weighted by molar-refractivity contribution is 0.102. The summed E-state index contributed by atoms with van der Waals surface area (Å²) < 4.78 is 0. The van der Waals surface area contributed by atoms with Crippen LogP contribution < -0.4 is 10.7 Å². The topological polar surface area (TPSA) is 74.8 Å². The van der Waals surface area contributed by atoms with Crippen LogP contribution in [0.15, 0.2) is 47.3 Å². The molecule has 0 atom stereocenters. The predicted octanol–water partition coefficient (Wildman–Crippen LogP) is 2.79. The fourth-order valence-electron chi connectivity index (χ4n) is 2.32. The van der Waals surface area contributed by atoms with Crippen molar-refractivity contribution < 1.29 is 4.79 Å². The van der Waals surface area contributed by atoms with Gasteiger partial charge in [-0.05, 0) is 44.2 Å². The van der Waals surface area contributed by atoms with Gasteiger partial charge in [-0.2, -0.15) is 0 Å². The summed E-state index contributed by atoms with van der Waals surface area (Å²) in [5.74, 6) is 0.197. The molecule has 0 radical (unpaired) electrons. The zero-order valence-corrected chi connectivity index (χ0v) is 12.3. The summed E-state index contributed by atoms with van der Waals surface area (Å²) in [7, 11) is 0. The van der Waals surface area contributed by atoms with Crippen molar-refractivity contribution in [3.05, 3.63) is 69.6 Å². The van der Waals surface area contributed by atoms with Crippen LogP contribution in [0.2, 0.25) is 0 Å². The molecule has 1 aromatic carbocycles. The highest BCUT2D eigenvalue weighted by molar-refractivity contribution is 6.05. The first-order valence-corrected chi connectivity index (χ1v) is 6.91. The quantitative estimate of drug-likeness (QED) is 0.763. The normalized spacial score (nSPS) is 10.6. The number of fused-ring (bicyclic) bond motifs is 1. The predicted molar refractivity (Wildman–Crippen MR) is 86.2 cm³/mol. The summed E-state index contributed by atoms with van der Waals surface area (Å²) in [6.07, 6.45) is 0. The maximum Gasteiger partial charge on any atom is 0.256 e. The molecule has 0 saturated heterocycles. The first-order valence-electron chi connectivity index (χ1n) is 6.91. The van der Waals surface area contributed by atoms with Crippen molar-refractivity contribution in [1.82, 2.24) is 9.97 Å². The fourth-order valence-corrected chi connectivity index (χ4v) is 2.32. The number of amides is 1. The molecule has 1 amide bonds. The summed E-state index contributed by atoms with van der Waals surface area (Å²) in [5, 5.41) is 3.23. The van der Waals surface area contributed by atoms with E-state index in [0.29, 0.717) is 16.8 Å². The Bertz CT molecular complexity index is 929. The molecule has 22 heavy (non-hydrogen) atoms. The van der Waals surface area contributed by atoms with Crippen LogP contribution >= 0.6 is 0 Å². The molecule has 3 aromatic rings. The Kier molecular flexibility index (Phi) is 3.47. The Hall–Kier alpha value is -2.95. The van der Waals surface area contributed by atoms with E-state index in [1.54, 1.807) is 24.3 Å². The monoisotopic (exact) mass is 293 g/mol. The summed E-state index contributed by atoms with van der Waals surface area (Å²) in [5.41, 5.74) is 2.65. The Balaban J connectivity index is 1.96. The molecule has 0 unspecified atom stereocenters. The highest BCUT2D eigenvalue weighted by Gasteiger charge is 2.09. The van der Waals surface area contributed by atoms with E-state index in [4.69, 9.17) is 0 Å². The molecule has 5 nitrogen and oxygen atoms in total. The smallest absolute Gasteiger partial charge is 0.256 e. The Morgan fingerprint density at radius 3 is 2.73 bits per heavy atom. The molecular formula is C17H15N3O2. The highest BCUT2D eigenvalue weighted by atomic mass is 16.1. The first kappa shape index (κ1) is 14.0. The lowest BCUT2D eigenvalue weighted by Crippen LogP contribution is -2.14. The van der Waals surface area contributed by atoms with Crippen LogP contribution in [-0.2, 0) is 0 Å². The van der Waals surface area contributed by atoms with E-state index < -0.39 is 0 Å². The number of carbonyl (C=O) groups excluding carboxylic acids is 1. The molecule has 3 rings (SSSR count). The maximum atomic E-state index is 12.3. The largest absolute Gasteiger partial charge is 0.358 e. The van der Waals surface area contributed by atoms with Gasteiger partial charge in [-0.1, -0.05) is 6.07 Å². The van der Waals surface area contributed by atoms with Crippen LogP contribution in [0.5, 0.6) is 0 Å². The number of carbonyl (C=O) groups is 1. The van der Waals surface area contributed by atoms with Gasteiger partial charge in [0, 0.05) is 33.9 Å². The van der Waals surface area contributed by atoms with Gasteiger partial charge in [-0.15, -0.1) is 0 Å². The lowest BCUT2D eigenvalue weighted by atomic mass is 10.1. The van der Waals surface area contributed by atoms with E-state index in [1.807, 2.05) is 26.0 Å². The van der Waals surface area contributed by atoms with Crippen molar-refractivity contribution in [2.24, 2.45) is 0 Å². The summed E-state index contributed by atoms with van der Waals surface area (Å²) in [6, 6.07) is 11.9. The second-order valence-electron chi connectivity index (χ2n) is 5.20. The van der Waals surface area contributed by atoms with Crippen molar-refractivity contribution in [3.8, 4) is 0 Å². The number of pyridine rings is 2. The van der Waals surface area contributed by atoms with E-state index in [0.717, 1.165) is 16.9 Å². The van der Waals surface area contributed by atoms with Gasteiger partial charge < -0.3 is 10.3 Å². The minimum Gasteiger partial charge on any atom is -0.358 e. The number of benzene rings is 1. The molecule has 0 spiro atoms. The maximum absolute atomic E-state index is 12.3. The van der Waals surface area contributed by atoms with Crippen LogP contribution in [0, 0.1) is 13.8 Å². The molecule has 0 fully saturated rings. The summed E-state index contributed by atoms with van der Waals surface area (Å²) in [6.45, 7) is 3.68. The number of aromatic amines is 1. The van der Waals surface area contributed by atoms with Gasteiger partial charge in [-0.3, -0.25) is 9.59 Å². The number of nitrogens with zero attached hydrogens (tertiary/aromatic N) is 1. The van der Waals surface area contributed by atoms with Gasteiger partial charge in [0.05, 0.1) is 0 Å². The zero-order chi connectivity index (χ0) is 15.7. The standard InChI is InChI=1S/C17H15N3O2/c1-10-4-3-5-16(19-10)20-17(22)12-6-7-14-13(9-12)15(21)8-11(2)18-14/h3-9H,1-2H3,(H,18,21)(H,19,20,22). The van der Waals surface area contributed by atoms with Gasteiger partial charge >= 0.3 is 0 Å². The van der Waals surface area contributed by atoms with E-state index in [9.17, 15) is 9.59 Å². The molecule has 0 aliphatic heterocycles. The Labute approximate surface area is 127 Å². The van der Waals surface area contributed by atoms with Crippen LogP contribution in [0.25, 0.3) is 10.9 Å². The van der Waals surface area contributed by atoms with Crippen molar-refractivity contribution in [3.63, 3.8) is 0 Å². The minimum absolute atomic E-state index is 0.102. The number of H-pyrrole nitrogens is 1. The van der Waals surface area contributed by atoms with E-state index in [-0.39, 0.29) is 11.3 Å². The lowest BCUT2D eigenvalue weighted by Gasteiger charge is -2.06. The van der Waals surface area contributed by atoms with Crippen LogP contribution in [0.3, 0.4) is 0 Å². The SMILES string of the molecule is Cc1cccc(NC(=O)c2ccc3[nH]c(C)cc(=O)c3c2)n1. The Morgan fingerprint density at radius 2 is 1.95 bits per heavy atom. The van der Waals surface area contributed by atoms with Gasteiger partial charge in [0.1, 0.15) is 5.82 Å². The van der Waals surface area contributed by atoms with Gasteiger partial charge in [-0.25, -0.2) is 4.98 Å². The third-order valence-electron chi connectivity index (χ3n) is 3.36. The number of hydrogen-bond acceptors (Lipinski definition) is 3.